The summed E-state index contributed by atoms with van der Waals surface area (Å²) < 4.78 is 11.9. The summed E-state index contributed by atoms with van der Waals surface area (Å²) in [6.45, 7) is 7.89. The van der Waals surface area contributed by atoms with Gasteiger partial charge in [-0.2, -0.15) is 0 Å². The van der Waals surface area contributed by atoms with Crippen LogP contribution in [0.5, 0.6) is 0 Å². The van der Waals surface area contributed by atoms with Crippen molar-refractivity contribution in [3.8, 4) is 0 Å². The Bertz CT molecular complexity index is 532. The summed E-state index contributed by atoms with van der Waals surface area (Å²) in [4.78, 5) is 21.2. The van der Waals surface area contributed by atoms with Crippen molar-refractivity contribution in [1.29, 1.82) is 0 Å². The van der Waals surface area contributed by atoms with Gasteiger partial charge < -0.3 is 9.31 Å². The monoisotopic (exact) mass is 292 g/mol. The van der Waals surface area contributed by atoms with Gasteiger partial charge in [-0.1, -0.05) is 0 Å². The number of nitrogens with zero attached hydrogens (tertiary/aromatic N) is 2. The number of hydroxylamine groups is 2. The van der Waals surface area contributed by atoms with E-state index in [1.807, 2.05) is 27.7 Å². The van der Waals surface area contributed by atoms with Gasteiger partial charge in [-0.05, 0) is 39.8 Å². The summed E-state index contributed by atoms with van der Waals surface area (Å²) in [6.07, 6.45) is 1.57. The Hall–Kier alpha value is -1.44. The van der Waals surface area contributed by atoms with Gasteiger partial charge >= 0.3 is 7.12 Å². The second-order valence-electron chi connectivity index (χ2n) is 6.04. The van der Waals surface area contributed by atoms with Gasteiger partial charge in [0.2, 0.25) is 0 Å². The van der Waals surface area contributed by atoms with E-state index < -0.39 is 18.3 Å². The van der Waals surface area contributed by atoms with Crippen molar-refractivity contribution in [1.82, 2.24) is 10.0 Å². The maximum Gasteiger partial charge on any atom is 0.514 e. The standard InChI is InChI=1S/C14H21BN2O4/c1-13(2)14(3,4)21-15(20-13)11-9-10(7-8-16-11)12(18)17(5)19-6/h7-9H,1-6H3. The predicted octanol–water partition coefficient (Wildman–Crippen LogP) is 1.01. The van der Waals surface area contributed by atoms with Gasteiger partial charge in [0.25, 0.3) is 5.91 Å². The number of pyridine rings is 1. The van der Waals surface area contributed by atoms with Gasteiger partial charge in [0.1, 0.15) is 0 Å². The van der Waals surface area contributed by atoms with Crippen molar-refractivity contribution in [3.63, 3.8) is 0 Å². The fourth-order valence-electron chi connectivity index (χ4n) is 1.94. The third-order valence-electron chi connectivity index (χ3n) is 4.08. The van der Waals surface area contributed by atoms with E-state index in [9.17, 15) is 4.79 Å². The Labute approximate surface area is 125 Å². The first kappa shape index (κ1) is 15.9. The fourth-order valence-corrected chi connectivity index (χ4v) is 1.94. The largest absolute Gasteiger partial charge is 0.514 e. The molecule has 6 nitrogen and oxygen atoms in total. The number of hydrogen-bond acceptors (Lipinski definition) is 5. The minimum absolute atomic E-state index is 0.252. The van der Waals surface area contributed by atoms with E-state index >= 15 is 0 Å². The van der Waals surface area contributed by atoms with Crippen LogP contribution in [0.25, 0.3) is 0 Å². The van der Waals surface area contributed by atoms with E-state index in [2.05, 4.69) is 4.98 Å². The molecule has 7 heteroatoms. The summed E-state index contributed by atoms with van der Waals surface area (Å²) in [7, 11) is 2.40. The minimum atomic E-state index is -0.587. The molecule has 21 heavy (non-hydrogen) atoms. The molecule has 0 aromatic carbocycles. The van der Waals surface area contributed by atoms with Crippen molar-refractivity contribution >= 4 is 18.6 Å². The maximum atomic E-state index is 12.1. The van der Waals surface area contributed by atoms with E-state index in [4.69, 9.17) is 14.1 Å². The molecular formula is C14H21BN2O4. The lowest BCUT2D eigenvalue weighted by Gasteiger charge is -2.32. The smallest absolute Gasteiger partial charge is 0.398 e. The predicted molar refractivity (Wildman–Crippen MR) is 79.1 cm³/mol. The number of hydrogen-bond donors (Lipinski definition) is 0. The molecule has 0 bridgehead atoms. The van der Waals surface area contributed by atoms with Crippen molar-refractivity contribution in [3.05, 3.63) is 23.9 Å². The molecule has 0 aliphatic carbocycles. The van der Waals surface area contributed by atoms with Crippen LogP contribution < -0.4 is 5.59 Å². The maximum absolute atomic E-state index is 12.1. The lowest BCUT2D eigenvalue weighted by Crippen LogP contribution is -2.41. The van der Waals surface area contributed by atoms with Crippen LogP contribution in [0.3, 0.4) is 0 Å². The molecule has 1 saturated heterocycles. The molecule has 2 heterocycles. The van der Waals surface area contributed by atoms with E-state index in [0.717, 1.165) is 5.06 Å². The van der Waals surface area contributed by atoms with Gasteiger partial charge in [-0.3, -0.25) is 14.6 Å². The molecule has 0 spiro atoms. The molecule has 0 unspecified atom stereocenters. The average molecular weight is 292 g/mol. The van der Waals surface area contributed by atoms with Crippen LogP contribution in [0.15, 0.2) is 18.3 Å². The van der Waals surface area contributed by atoms with Crippen LogP contribution in [0, 0.1) is 0 Å². The van der Waals surface area contributed by atoms with Crippen LogP contribution in [-0.4, -0.2) is 48.4 Å². The molecule has 1 fully saturated rings. The molecule has 1 aliphatic rings. The van der Waals surface area contributed by atoms with E-state index in [1.54, 1.807) is 25.4 Å². The van der Waals surface area contributed by atoms with Crippen molar-refractivity contribution in [2.75, 3.05) is 14.2 Å². The molecule has 1 aromatic heterocycles. The van der Waals surface area contributed by atoms with Gasteiger partial charge in [-0.25, -0.2) is 5.06 Å². The third-order valence-corrected chi connectivity index (χ3v) is 4.08. The molecule has 0 saturated carbocycles. The number of carbonyl (C=O) groups is 1. The normalized spacial score (nSPS) is 19.6. The SMILES string of the molecule is CON(C)C(=O)c1ccnc(B2OC(C)(C)C(C)(C)O2)c1. The van der Waals surface area contributed by atoms with E-state index in [1.165, 1.54) is 7.11 Å². The zero-order chi connectivity index (χ0) is 15.8. The molecule has 1 aliphatic heterocycles. The number of rotatable bonds is 3. The van der Waals surface area contributed by atoms with E-state index in [-0.39, 0.29) is 5.91 Å². The molecular weight excluding hydrogens is 271 g/mol. The highest BCUT2D eigenvalue weighted by Crippen LogP contribution is 2.36. The molecule has 2 rings (SSSR count). The Balaban J connectivity index is 2.25. The van der Waals surface area contributed by atoms with Gasteiger partial charge in [0.05, 0.1) is 23.9 Å². The summed E-state index contributed by atoms with van der Waals surface area (Å²) in [5.41, 5.74) is 0.161. The Kier molecular flexibility index (Phi) is 4.10. The van der Waals surface area contributed by atoms with Crippen LogP contribution in [0.2, 0.25) is 0 Å². The molecule has 1 amide bonds. The quantitative estimate of drug-likeness (QED) is 0.615. The molecule has 1 aromatic rings. The zero-order valence-electron chi connectivity index (χ0n) is 13.3. The van der Waals surface area contributed by atoms with Crippen LogP contribution in [-0.2, 0) is 14.1 Å². The Morgan fingerprint density at radius 1 is 1.29 bits per heavy atom. The lowest BCUT2D eigenvalue weighted by atomic mass is 9.83. The minimum Gasteiger partial charge on any atom is -0.398 e. The average Bonchev–Trinajstić information content (AvgIpc) is 2.66. The topological polar surface area (TPSA) is 60.9 Å². The second kappa shape index (κ2) is 5.40. The third kappa shape index (κ3) is 2.95. The highest BCUT2D eigenvalue weighted by atomic mass is 16.7. The van der Waals surface area contributed by atoms with Crippen LogP contribution in [0.1, 0.15) is 38.1 Å². The zero-order valence-corrected chi connectivity index (χ0v) is 13.3. The Morgan fingerprint density at radius 3 is 2.38 bits per heavy atom. The summed E-state index contributed by atoms with van der Waals surface area (Å²) >= 11 is 0. The highest BCUT2D eigenvalue weighted by molar-refractivity contribution is 6.61. The number of aromatic nitrogens is 1. The van der Waals surface area contributed by atoms with Gasteiger partial charge in [0.15, 0.2) is 0 Å². The van der Waals surface area contributed by atoms with Gasteiger partial charge in [0, 0.05) is 18.8 Å². The molecule has 114 valence electrons. The second-order valence-corrected chi connectivity index (χ2v) is 6.04. The van der Waals surface area contributed by atoms with E-state index in [0.29, 0.717) is 11.2 Å². The summed E-state index contributed by atoms with van der Waals surface area (Å²) in [5, 5.41) is 1.16. The number of carbonyl (C=O) groups excluding carboxylic acids is 1. The first-order valence-electron chi connectivity index (χ1n) is 6.82. The summed E-state index contributed by atoms with van der Waals surface area (Å²) in [5.74, 6) is -0.252. The van der Waals surface area contributed by atoms with Crippen LogP contribution in [0.4, 0.5) is 0 Å². The van der Waals surface area contributed by atoms with Crippen molar-refractivity contribution < 1.29 is 18.9 Å². The molecule has 0 radical (unpaired) electrons. The first-order chi connectivity index (χ1) is 9.68. The van der Waals surface area contributed by atoms with Crippen molar-refractivity contribution in [2.24, 2.45) is 0 Å². The molecule has 0 atom stereocenters. The lowest BCUT2D eigenvalue weighted by molar-refractivity contribution is -0.0756. The van der Waals surface area contributed by atoms with Crippen molar-refractivity contribution in [2.45, 2.75) is 38.9 Å². The van der Waals surface area contributed by atoms with Gasteiger partial charge in [-0.15, -0.1) is 0 Å². The van der Waals surface area contributed by atoms with Crippen LogP contribution >= 0.6 is 0 Å². The summed E-state index contributed by atoms with van der Waals surface area (Å²) in [6, 6.07) is 3.30. The fraction of sp³-hybridized carbons (Fsp3) is 0.571. The molecule has 0 N–H and O–H groups in total. The number of amides is 1. The first-order valence-corrected chi connectivity index (χ1v) is 6.82. The highest BCUT2D eigenvalue weighted by Gasteiger charge is 2.52. The Morgan fingerprint density at radius 2 is 1.86 bits per heavy atom.